The van der Waals surface area contributed by atoms with Crippen LogP contribution < -0.4 is 4.74 Å². The molecule has 5 aromatic rings. The SMILES string of the molecule is Cc1noc(C)c1-c1cnc2c(c1)c(-c1ccc(C(=O)O)cc1OCC(F)(F)F)cn2[C@@H](C)c1ccccn1. The molecule has 1 N–H and O–H groups in total. The van der Waals surface area contributed by atoms with Crippen molar-refractivity contribution in [2.45, 2.75) is 33.0 Å². The van der Waals surface area contributed by atoms with E-state index in [1.807, 2.05) is 29.7 Å². The van der Waals surface area contributed by atoms with Crippen LogP contribution in [0.1, 0.15) is 40.5 Å². The molecule has 0 unspecified atom stereocenters. The second-order valence-electron chi connectivity index (χ2n) is 9.09. The van der Waals surface area contributed by atoms with Gasteiger partial charge in [-0.25, -0.2) is 9.78 Å². The van der Waals surface area contributed by atoms with Gasteiger partial charge in [0, 0.05) is 46.2 Å². The molecule has 0 spiro atoms. The van der Waals surface area contributed by atoms with Gasteiger partial charge in [-0.05, 0) is 57.2 Å². The van der Waals surface area contributed by atoms with Crippen LogP contribution in [0.3, 0.4) is 0 Å². The number of hydrogen-bond donors (Lipinski definition) is 1. The van der Waals surface area contributed by atoms with Crippen molar-refractivity contribution in [3.05, 3.63) is 83.8 Å². The molecule has 4 heterocycles. The summed E-state index contributed by atoms with van der Waals surface area (Å²) in [7, 11) is 0. The van der Waals surface area contributed by atoms with Gasteiger partial charge in [0.25, 0.3) is 0 Å². The Labute approximate surface area is 220 Å². The van der Waals surface area contributed by atoms with Gasteiger partial charge in [-0.15, -0.1) is 0 Å². The first kappa shape index (κ1) is 26.0. The van der Waals surface area contributed by atoms with Gasteiger partial charge in [0.15, 0.2) is 6.61 Å². The molecule has 39 heavy (non-hydrogen) atoms. The summed E-state index contributed by atoms with van der Waals surface area (Å²) < 4.78 is 51.6. The number of aromatic nitrogens is 4. The molecular formula is C28H23F3N4O4. The number of nitrogens with zero attached hydrogens (tertiary/aromatic N) is 4. The van der Waals surface area contributed by atoms with Crippen molar-refractivity contribution in [2.24, 2.45) is 0 Å². The van der Waals surface area contributed by atoms with Crippen LogP contribution in [0.15, 0.2) is 65.6 Å². The summed E-state index contributed by atoms with van der Waals surface area (Å²) in [5.41, 5.74) is 4.06. The molecule has 200 valence electrons. The Bertz CT molecular complexity index is 1660. The van der Waals surface area contributed by atoms with Crippen molar-refractivity contribution in [1.82, 2.24) is 19.7 Å². The van der Waals surface area contributed by atoms with E-state index in [4.69, 9.17) is 14.2 Å². The number of rotatable bonds is 7. The third kappa shape index (κ3) is 5.07. The summed E-state index contributed by atoms with van der Waals surface area (Å²) in [6.07, 6.45) is 0.518. The molecule has 11 heteroatoms. The van der Waals surface area contributed by atoms with Gasteiger partial charge in [-0.1, -0.05) is 11.2 Å². The second-order valence-corrected chi connectivity index (χ2v) is 9.09. The Morgan fingerprint density at radius 1 is 1.13 bits per heavy atom. The summed E-state index contributed by atoms with van der Waals surface area (Å²) in [5, 5.41) is 14.1. The number of benzene rings is 1. The highest BCUT2D eigenvalue weighted by molar-refractivity contribution is 5.99. The van der Waals surface area contributed by atoms with Crippen LogP contribution in [0, 0.1) is 13.8 Å². The first-order chi connectivity index (χ1) is 18.5. The summed E-state index contributed by atoms with van der Waals surface area (Å²) in [6, 6.07) is 11.0. The van der Waals surface area contributed by atoms with Crippen molar-refractivity contribution in [2.75, 3.05) is 6.61 Å². The molecule has 0 aliphatic heterocycles. The molecule has 0 saturated carbocycles. The summed E-state index contributed by atoms with van der Waals surface area (Å²) in [4.78, 5) is 20.8. The highest BCUT2D eigenvalue weighted by Crippen LogP contribution is 2.40. The number of fused-ring (bicyclic) bond motifs is 1. The Morgan fingerprint density at radius 3 is 2.56 bits per heavy atom. The molecule has 0 fully saturated rings. The predicted molar refractivity (Wildman–Crippen MR) is 137 cm³/mol. The van der Waals surface area contributed by atoms with E-state index in [-0.39, 0.29) is 17.4 Å². The Balaban J connectivity index is 1.75. The number of aromatic carboxylic acids is 1. The Kier molecular flexibility index (Phi) is 6.59. The molecule has 5 rings (SSSR count). The fraction of sp³-hybridized carbons (Fsp3) is 0.214. The summed E-state index contributed by atoms with van der Waals surface area (Å²) in [6.45, 7) is 3.94. The van der Waals surface area contributed by atoms with Gasteiger partial charge < -0.3 is 18.9 Å². The molecule has 0 bridgehead atoms. The maximum atomic E-state index is 13.1. The number of aryl methyl sites for hydroxylation is 2. The van der Waals surface area contributed by atoms with Crippen LogP contribution in [-0.4, -0.2) is 43.6 Å². The smallest absolute Gasteiger partial charge is 0.422 e. The lowest BCUT2D eigenvalue weighted by molar-refractivity contribution is -0.153. The Hall–Kier alpha value is -4.67. The molecule has 4 aromatic heterocycles. The van der Waals surface area contributed by atoms with E-state index in [0.29, 0.717) is 39.2 Å². The van der Waals surface area contributed by atoms with Crippen LogP contribution in [-0.2, 0) is 0 Å². The fourth-order valence-corrected chi connectivity index (χ4v) is 4.60. The lowest BCUT2D eigenvalue weighted by Crippen LogP contribution is -2.19. The molecule has 1 atom stereocenters. The molecule has 1 aromatic carbocycles. The number of halogens is 3. The highest BCUT2D eigenvalue weighted by Gasteiger charge is 2.30. The molecule has 8 nitrogen and oxygen atoms in total. The normalized spacial score (nSPS) is 12.6. The number of alkyl halides is 3. The molecule has 0 aliphatic carbocycles. The van der Waals surface area contributed by atoms with Gasteiger partial charge in [0.1, 0.15) is 17.2 Å². The van der Waals surface area contributed by atoms with Crippen LogP contribution in [0.2, 0.25) is 0 Å². The Morgan fingerprint density at radius 2 is 1.92 bits per heavy atom. The van der Waals surface area contributed by atoms with Crippen LogP contribution in [0.4, 0.5) is 13.2 Å². The van der Waals surface area contributed by atoms with Crippen LogP contribution in [0.5, 0.6) is 5.75 Å². The van der Waals surface area contributed by atoms with Crippen molar-refractivity contribution >= 4 is 17.0 Å². The standard InChI is InChI=1S/C28H23F3N4O4/c1-15-25(17(3)39-34-15)19-10-21-22(13-35(26(21)33-12-19)16(2)23-6-4-5-9-32-23)20-8-7-18(27(36)37)11-24(20)38-14-28(29,30)31/h4-13,16H,14H2,1-3H3,(H,36,37)/t16-/m0/s1. The van der Waals surface area contributed by atoms with Crippen LogP contribution >= 0.6 is 0 Å². The monoisotopic (exact) mass is 536 g/mol. The number of carbonyl (C=O) groups is 1. The largest absolute Gasteiger partial charge is 0.483 e. The molecule has 0 amide bonds. The fourth-order valence-electron chi connectivity index (χ4n) is 4.60. The summed E-state index contributed by atoms with van der Waals surface area (Å²) in [5.74, 6) is -0.900. The zero-order valence-corrected chi connectivity index (χ0v) is 21.2. The molecule has 0 radical (unpaired) electrons. The van der Waals surface area contributed by atoms with Gasteiger partial charge in [-0.2, -0.15) is 13.2 Å². The third-order valence-electron chi connectivity index (χ3n) is 6.43. The van der Waals surface area contributed by atoms with Crippen molar-refractivity contribution in [1.29, 1.82) is 0 Å². The summed E-state index contributed by atoms with van der Waals surface area (Å²) >= 11 is 0. The first-order valence-electron chi connectivity index (χ1n) is 12.0. The van der Waals surface area contributed by atoms with Gasteiger partial charge in [0.2, 0.25) is 0 Å². The van der Waals surface area contributed by atoms with Gasteiger partial charge in [0.05, 0.1) is 23.0 Å². The van der Waals surface area contributed by atoms with Crippen molar-refractivity contribution in [3.8, 4) is 28.0 Å². The number of hydrogen-bond acceptors (Lipinski definition) is 6. The van der Waals surface area contributed by atoms with Gasteiger partial charge >= 0.3 is 12.1 Å². The van der Waals surface area contributed by atoms with E-state index in [1.165, 1.54) is 12.1 Å². The average molecular weight is 537 g/mol. The maximum Gasteiger partial charge on any atom is 0.422 e. The molecular weight excluding hydrogens is 513 g/mol. The minimum absolute atomic E-state index is 0.198. The predicted octanol–water partition coefficient (Wildman–Crippen LogP) is 6.62. The van der Waals surface area contributed by atoms with E-state index < -0.39 is 18.8 Å². The zero-order valence-electron chi connectivity index (χ0n) is 21.2. The number of carboxylic acids is 1. The van der Waals surface area contributed by atoms with E-state index >= 15 is 0 Å². The third-order valence-corrected chi connectivity index (χ3v) is 6.43. The van der Waals surface area contributed by atoms with Crippen molar-refractivity contribution < 1.29 is 32.3 Å². The van der Waals surface area contributed by atoms with Crippen LogP contribution in [0.25, 0.3) is 33.3 Å². The van der Waals surface area contributed by atoms with E-state index in [0.717, 1.165) is 17.3 Å². The highest BCUT2D eigenvalue weighted by atomic mass is 19.4. The number of pyridine rings is 2. The van der Waals surface area contributed by atoms with E-state index in [2.05, 4.69) is 10.1 Å². The quantitative estimate of drug-likeness (QED) is 0.249. The first-order valence-corrected chi connectivity index (χ1v) is 12.0. The minimum Gasteiger partial charge on any atom is -0.483 e. The molecule has 0 saturated heterocycles. The zero-order chi connectivity index (χ0) is 27.9. The molecule has 0 aliphatic rings. The van der Waals surface area contributed by atoms with Gasteiger partial charge in [-0.3, -0.25) is 4.98 Å². The minimum atomic E-state index is -4.62. The lowest BCUT2D eigenvalue weighted by Gasteiger charge is -2.14. The maximum absolute atomic E-state index is 13.1. The topological polar surface area (TPSA) is 103 Å². The number of carboxylic acid groups (broad SMARTS) is 1. The average Bonchev–Trinajstić information content (AvgIpc) is 3.45. The van der Waals surface area contributed by atoms with Crippen molar-refractivity contribution in [3.63, 3.8) is 0 Å². The van der Waals surface area contributed by atoms with E-state index in [9.17, 15) is 23.1 Å². The van der Waals surface area contributed by atoms with E-state index in [1.54, 1.807) is 38.5 Å². The lowest BCUT2D eigenvalue weighted by atomic mass is 10.00. The second kappa shape index (κ2) is 9.90. The number of ether oxygens (including phenoxy) is 1.